The topological polar surface area (TPSA) is 118 Å². The zero-order valence-corrected chi connectivity index (χ0v) is 19.6. The molecule has 0 bridgehead atoms. The molecule has 2 aromatic carbocycles. The molecular weight excluding hydrogens is 464 g/mol. The average molecular weight is 487 g/mol. The van der Waals surface area contributed by atoms with E-state index >= 15 is 0 Å². The van der Waals surface area contributed by atoms with Gasteiger partial charge < -0.3 is 15.0 Å². The first-order valence-corrected chi connectivity index (χ1v) is 12.4. The number of hydrogen-bond acceptors (Lipinski definition) is 7. The predicted molar refractivity (Wildman–Crippen MR) is 126 cm³/mol. The maximum Gasteiger partial charge on any atom is 0.263 e. The number of aromatic nitrogens is 1. The number of amides is 2. The Hall–Kier alpha value is -3.44. The third-order valence-corrected chi connectivity index (χ3v) is 7.38. The van der Waals surface area contributed by atoms with Crippen molar-refractivity contribution in [1.82, 2.24) is 4.98 Å². The van der Waals surface area contributed by atoms with Crippen molar-refractivity contribution in [2.24, 2.45) is 5.92 Å². The fraction of sp³-hybridized carbons (Fsp3) is 0.227. The third kappa shape index (κ3) is 4.99. The van der Waals surface area contributed by atoms with Crippen molar-refractivity contribution >= 4 is 49.7 Å². The molecule has 2 amide bonds. The van der Waals surface area contributed by atoms with E-state index in [-0.39, 0.29) is 34.8 Å². The number of aryl methyl sites for hydroxylation is 1. The van der Waals surface area contributed by atoms with Gasteiger partial charge in [0.25, 0.3) is 10.0 Å². The highest BCUT2D eigenvalue weighted by Crippen LogP contribution is 2.34. The van der Waals surface area contributed by atoms with Gasteiger partial charge in [0.15, 0.2) is 5.13 Å². The molecule has 4 rings (SSSR count). The SMILES string of the molecule is COc1ccc(C)cc1N1CC(C(=O)Nc2ccc(S(=O)(=O)Nc3nccs3)cc2)CC1=O. The second-order valence-corrected chi connectivity index (χ2v) is 10.1. The molecule has 11 heteroatoms. The van der Waals surface area contributed by atoms with Crippen LogP contribution in [0, 0.1) is 12.8 Å². The van der Waals surface area contributed by atoms with Crippen LogP contribution in [0.1, 0.15) is 12.0 Å². The Bertz CT molecular complexity index is 1270. The molecule has 1 fully saturated rings. The van der Waals surface area contributed by atoms with E-state index in [2.05, 4.69) is 15.0 Å². The number of nitrogens with zero attached hydrogens (tertiary/aromatic N) is 2. The highest BCUT2D eigenvalue weighted by Gasteiger charge is 2.36. The van der Waals surface area contributed by atoms with Crippen LogP contribution in [-0.2, 0) is 19.6 Å². The number of carbonyl (C=O) groups is 2. The third-order valence-electron chi connectivity index (χ3n) is 5.21. The van der Waals surface area contributed by atoms with Gasteiger partial charge in [-0.25, -0.2) is 13.4 Å². The van der Waals surface area contributed by atoms with Gasteiger partial charge in [-0.15, -0.1) is 11.3 Å². The van der Waals surface area contributed by atoms with Crippen LogP contribution in [0.2, 0.25) is 0 Å². The van der Waals surface area contributed by atoms with Gasteiger partial charge in [-0.05, 0) is 48.9 Å². The molecule has 1 saturated heterocycles. The molecule has 2 N–H and O–H groups in total. The van der Waals surface area contributed by atoms with Gasteiger partial charge in [0.1, 0.15) is 5.75 Å². The van der Waals surface area contributed by atoms with E-state index in [9.17, 15) is 18.0 Å². The Morgan fingerprint density at radius 1 is 1.21 bits per heavy atom. The summed E-state index contributed by atoms with van der Waals surface area (Å²) in [5.74, 6) is -0.446. The summed E-state index contributed by atoms with van der Waals surface area (Å²) in [7, 11) is -2.24. The molecule has 2 heterocycles. The monoisotopic (exact) mass is 486 g/mol. The fourth-order valence-corrected chi connectivity index (χ4v) is 5.33. The van der Waals surface area contributed by atoms with Crippen molar-refractivity contribution in [3.8, 4) is 5.75 Å². The molecule has 33 heavy (non-hydrogen) atoms. The van der Waals surface area contributed by atoms with Crippen molar-refractivity contribution < 1.29 is 22.7 Å². The van der Waals surface area contributed by atoms with Gasteiger partial charge in [-0.3, -0.25) is 14.3 Å². The van der Waals surface area contributed by atoms with E-state index in [1.54, 1.807) is 16.3 Å². The summed E-state index contributed by atoms with van der Waals surface area (Å²) in [5, 5.41) is 4.70. The molecule has 1 aromatic heterocycles. The van der Waals surface area contributed by atoms with E-state index in [0.29, 0.717) is 17.1 Å². The Morgan fingerprint density at radius 2 is 1.97 bits per heavy atom. The average Bonchev–Trinajstić information content (AvgIpc) is 3.43. The lowest BCUT2D eigenvalue weighted by atomic mass is 10.1. The van der Waals surface area contributed by atoms with Crippen LogP contribution in [0.25, 0.3) is 0 Å². The highest BCUT2D eigenvalue weighted by molar-refractivity contribution is 7.93. The molecule has 1 unspecified atom stereocenters. The lowest BCUT2D eigenvalue weighted by Crippen LogP contribution is -2.28. The molecule has 3 aromatic rings. The molecule has 1 aliphatic heterocycles. The smallest absolute Gasteiger partial charge is 0.263 e. The summed E-state index contributed by atoms with van der Waals surface area (Å²) in [6.45, 7) is 2.15. The molecule has 9 nitrogen and oxygen atoms in total. The van der Waals surface area contributed by atoms with Gasteiger partial charge in [0.05, 0.1) is 23.6 Å². The van der Waals surface area contributed by atoms with Crippen LogP contribution in [0.4, 0.5) is 16.5 Å². The van der Waals surface area contributed by atoms with Crippen molar-refractivity contribution in [3.63, 3.8) is 0 Å². The number of hydrogen-bond donors (Lipinski definition) is 2. The van der Waals surface area contributed by atoms with Crippen molar-refractivity contribution in [3.05, 3.63) is 59.6 Å². The second-order valence-electron chi connectivity index (χ2n) is 7.54. The van der Waals surface area contributed by atoms with Gasteiger partial charge in [-0.2, -0.15) is 0 Å². The van der Waals surface area contributed by atoms with Crippen LogP contribution in [0.15, 0.2) is 58.9 Å². The van der Waals surface area contributed by atoms with Gasteiger partial charge in [0, 0.05) is 30.2 Å². The van der Waals surface area contributed by atoms with Gasteiger partial charge >= 0.3 is 0 Å². The first kappa shape index (κ1) is 22.7. The number of anilines is 3. The minimum absolute atomic E-state index is 0.0458. The van der Waals surface area contributed by atoms with Crippen LogP contribution in [-0.4, -0.2) is 38.9 Å². The van der Waals surface area contributed by atoms with Crippen molar-refractivity contribution in [2.45, 2.75) is 18.2 Å². The summed E-state index contributed by atoms with van der Waals surface area (Å²) in [6, 6.07) is 11.4. The molecule has 0 saturated carbocycles. The number of ether oxygens (including phenoxy) is 1. The fourth-order valence-electron chi connectivity index (χ4n) is 3.54. The molecule has 0 radical (unpaired) electrons. The summed E-state index contributed by atoms with van der Waals surface area (Å²) >= 11 is 1.17. The highest BCUT2D eigenvalue weighted by atomic mass is 32.2. The molecule has 1 aliphatic rings. The Labute approximate surface area is 195 Å². The number of methoxy groups -OCH3 is 1. The Kier molecular flexibility index (Phi) is 6.34. The van der Waals surface area contributed by atoms with Crippen molar-refractivity contribution in [1.29, 1.82) is 0 Å². The maximum absolute atomic E-state index is 12.8. The van der Waals surface area contributed by atoms with E-state index in [4.69, 9.17) is 4.74 Å². The summed E-state index contributed by atoms with van der Waals surface area (Å²) in [6.07, 6.45) is 1.58. The van der Waals surface area contributed by atoms with Gasteiger partial charge in [-0.1, -0.05) is 6.07 Å². The van der Waals surface area contributed by atoms with Crippen molar-refractivity contribution in [2.75, 3.05) is 28.6 Å². The molecule has 172 valence electrons. The summed E-state index contributed by atoms with van der Waals surface area (Å²) in [5.41, 5.74) is 2.05. The second kappa shape index (κ2) is 9.20. The van der Waals surface area contributed by atoms with E-state index < -0.39 is 15.9 Å². The maximum atomic E-state index is 12.8. The lowest BCUT2D eigenvalue weighted by molar-refractivity contribution is -0.122. The predicted octanol–water partition coefficient (Wildman–Crippen LogP) is 3.25. The molecule has 0 spiro atoms. The number of carbonyl (C=O) groups excluding carboxylic acids is 2. The Morgan fingerprint density at radius 3 is 2.64 bits per heavy atom. The first-order valence-electron chi connectivity index (χ1n) is 10.0. The standard InChI is InChI=1S/C22H22N4O5S2/c1-14-3-8-19(31-2)18(11-14)26-13-15(12-20(26)27)21(28)24-16-4-6-17(7-5-16)33(29,30)25-22-23-9-10-32-22/h3-11,15H,12-13H2,1-2H3,(H,23,25)(H,24,28). The minimum Gasteiger partial charge on any atom is -0.495 e. The molecular formula is C22H22N4O5S2. The van der Waals surface area contributed by atoms with E-state index in [0.717, 1.165) is 5.56 Å². The summed E-state index contributed by atoms with van der Waals surface area (Å²) in [4.78, 5) is 30.9. The lowest BCUT2D eigenvalue weighted by Gasteiger charge is -2.20. The first-order chi connectivity index (χ1) is 15.8. The molecule has 0 aliphatic carbocycles. The molecule has 1 atom stereocenters. The number of nitrogens with one attached hydrogen (secondary N) is 2. The van der Waals surface area contributed by atoms with Crippen LogP contribution in [0.3, 0.4) is 0 Å². The number of rotatable bonds is 7. The van der Waals surface area contributed by atoms with E-state index in [1.807, 2.05) is 19.1 Å². The quantitative estimate of drug-likeness (QED) is 0.529. The van der Waals surface area contributed by atoms with Crippen LogP contribution >= 0.6 is 11.3 Å². The number of thiazole rings is 1. The zero-order valence-electron chi connectivity index (χ0n) is 17.9. The largest absolute Gasteiger partial charge is 0.495 e. The Balaban J connectivity index is 1.43. The van der Waals surface area contributed by atoms with Crippen LogP contribution < -0.4 is 19.7 Å². The normalized spacial score (nSPS) is 16.0. The van der Waals surface area contributed by atoms with Gasteiger partial charge in [0.2, 0.25) is 11.8 Å². The zero-order chi connectivity index (χ0) is 23.6. The minimum atomic E-state index is -3.78. The summed E-state index contributed by atoms with van der Waals surface area (Å²) < 4.78 is 32.6. The number of benzene rings is 2. The van der Waals surface area contributed by atoms with Crippen LogP contribution in [0.5, 0.6) is 5.75 Å². The number of sulfonamides is 1. The van der Waals surface area contributed by atoms with E-state index in [1.165, 1.54) is 48.9 Å².